The molecule has 0 bridgehead atoms. The molecule has 0 radical (unpaired) electrons. The van der Waals surface area contributed by atoms with Crippen LogP contribution in [0.3, 0.4) is 0 Å². The smallest absolute Gasteiger partial charge is 0.221 e. The maximum atomic E-state index is 11.3. The van der Waals surface area contributed by atoms with E-state index >= 15 is 0 Å². The number of nitrogens with zero attached hydrogens (tertiary/aromatic N) is 2. The van der Waals surface area contributed by atoms with Gasteiger partial charge in [0.15, 0.2) is 0 Å². The topological polar surface area (TPSA) is 72.9 Å². The molecule has 2 rings (SSSR count). The van der Waals surface area contributed by atoms with Crippen molar-refractivity contribution in [1.82, 2.24) is 14.9 Å². The summed E-state index contributed by atoms with van der Waals surface area (Å²) in [6, 6.07) is 8.17. The van der Waals surface area contributed by atoms with Crippen LogP contribution in [0.5, 0.6) is 0 Å². The fourth-order valence-electron chi connectivity index (χ4n) is 1.77. The Morgan fingerprint density at radius 2 is 2.00 bits per heavy atom. The first-order valence-corrected chi connectivity index (χ1v) is 6.28. The zero-order valence-electron chi connectivity index (χ0n) is 10.7. The van der Waals surface area contributed by atoms with Crippen molar-refractivity contribution in [3.05, 3.63) is 54.1 Å². The van der Waals surface area contributed by atoms with E-state index in [1.54, 1.807) is 12.5 Å². The Morgan fingerprint density at radius 1 is 1.26 bits per heavy atom. The summed E-state index contributed by atoms with van der Waals surface area (Å²) >= 11 is 0. The van der Waals surface area contributed by atoms with Crippen molar-refractivity contribution in [2.24, 2.45) is 5.73 Å². The third kappa shape index (κ3) is 4.22. The molecule has 0 fully saturated rings. The van der Waals surface area contributed by atoms with Crippen LogP contribution in [0.25, 0.3) is 0 Å². The minimum absolute atomic E-state index is 0.00927. The number of carbonyl (C=O) groups excluding carboxylic acids is 1. The van der Waals surface area contributed by atoms with Crippen molar-refractivity contribution < 1.29 is 4.79 Å². The van der Waals surface area contributed by atoms with Crippen molar-refractivity contribution in [3.8, 4) is 0 Å². The molecule has 3 N–H and O–H groups in total. The number of rotatable bonds is 6. The number of hydrogen-bond donors (Lipinski definition) is 2. The van der Waals surface area contributed by atoms with Crippen molar-refractivity contribution in [2.45, 2.75) is 19.5 Å². The lowest BCUT2D eigenvalue weighted by Gasteiger charge is -2.06. The normalized spacial score (nSPS) is 10.4. The van der Waals surface area contributed by atoms with Gasteiger partial charge in [0.2, 0.25) is 5.91 Å². The number of imidazole rings is 1. The summed E-state index contributed by atoms with van der Waals surface area (Å²) in [4.78, 5) is 15.3. The van der Waals surface area contributed by atoms with Gasteiger partial charge < -0.3 is 15.6 Å². The molecule has 0 saturated heterocycles. The molecule has 0 spiro atoms. The van der Waals surface area contributed by atoms with Crippen LogP contribution in [0.15, 0.2) is 43.0 Å². The second-order valence-corrected chi connectivity index (χ2v) is 4.37. The van der Waals surface area contributed by atoms with Gasteiger partial charge in [-0.15, -0.1) is 0 Å². The zero-order chi connectivity index (χ0) is 13.5. The van der Waals surface area contributed by atoms with E-state index in [-0.39, 0.29) is 5.91 Å². The first kappa shape index (κ1) is 13.3. The van der Waals surface area contributed by atoms with Crippen LogP contribution >= 0.6 is 0 Å². The molecule has 0 aliphatic carbocycles. The van der Waals surface area contributed by atoms with Crippen LogP contribution in [0.4, 0.5) is 0 Å². The van der Waals surface area contributed by atoms with Gasteiger partial charge in [-0.25, -0.2) is 4.98 Å². The maximum Gasteiger partial charge on any atom is 0.221 e. The number of nitrogens with two attached hydrogens (primary N) is 1. The number of hydrogen-bond acceptors (Lipinski definition) is 3. The molecule has 5 heteroatoms. The van der Waals surface area contributed by atoms with Gasteiger partial charge >= 0.3 is 0 Å². The average Bonchev–Trinajstić information content (AvgIpc) is 2.91. The highest BCUT2D eigenvalue weighted by Gasteiger charge is 2.00. The fraction of sp³-hybridized carbons (Fsp3) is 0.286. The lowest BCUT2D eigenvalue weighted by atomic mass is 10.1. The van der Waals surface area contributed by atoms with Crippen molar-refractivity contribution >= 4 is 5.91 Å². The van der Waals surface area contributed by atoms with Gasteiger partial charge in [-0.05, 0) is 11.1 Å². The Bertz CT molecular complexity index is 505. The third-order valence-corrected chi connectivity index (χ3v) is 2.81. The van der Waals surface area contributed by atoms with E-state index in [4.69, 9.17) is 5.73 Å². The quantitative estimate of drug-likeness (QED) is 0.808. The van der Waals surface area contributed by atoms with E-state index in [1.165, 1.54) is 5.56 Å². The molecule has 0 aliphatic rings. The number of nitrogens with one attached hydrogen (secondary N) is 1. The minimum Gasteiger partial charge on any atom is -0.352 e. The minimum atomic E-state index is -0.00927. The van der Waals surface area contributed by atoms with E-state index in [9.17, 15) is 4.79 Å². The standard InChI is InChI=1S/C14H18N4O/c15-6-5-14(19)17-9-12-1-3-13(4-2-12)10-18-8-7-16-11-18/h1-4,7-8,11H,5-6,9-10,15H2,(H,17,19). The molecule has 0 saturated carbocycles. The summed E-state index contributed by atoms with van der Waals surface area (Å²) in [6.45, 7) is 1.74. The molecule has 1 amide bonds. The molecule has 19 heavy (non-hydrogen) atoms. The molecule has 5 nitrogen and oxygen atoms in total. The molecule has 1 aromatic heterocycles. The first-order valence-electron chi connectivity index (χ1n) is 6.28. The first-order chi connectivity index (χ1) is 9.28. The van der Waals surface area contributed by atoms with E-state index in [0.29, 0.717) is 19.5 Å². The predicted octanol–water partition coefficient (Wildman–Crippen LogP) is 0.896. The van der Waals surface area contributed by atoms with Crippen molar-refractivity contribution in [2.75, 3.05) is 6.54 Å². The van der Waals surface area contributed by atoms with Crippen LogP contribution in [0, 0.1) is 0 Å². The van der Waals surface area contributed by atoms with Crippen LogP contribution < -0.4 is 11.1 Å². The molecular weight excluding hydrogens is 240 g/mol. The summed E-state index contributed by atoms with van der Waals surface area (Å²) in [5.41, 5.74) is 7.60. The molecule has 0 atom stereocenters. The Balaban J connectivity index is 1.86. The van der Waals surface area contributed by atoms with Crippen LogP contribution in [0.1, 0.15) is 17.5 Å². The van der Waals surface area contributed by atoms with E-state index in [0.717, 1.165) is 12.1 Å². The summed E-state index contributed by atoms with van der Waals surface area (Å²) in [5, 5.41) is 2.83. The SMILES string of the molecule is NCCC(=O)NCc1ccc(Cn2ccnc2)cc1. The largest absolute Gasteiger partial charge is 0.352 e. The van der Waals surface area contributed by atoms with Crippen LogP contribution in [-0.4, -0.2) is 22.0 Å². The van der Waals surface area contributed by atoms with Gasteiger partial charge in [-0.1, -0.05) is 24.3 Å². The highest BCUT2D eigenvalue weighted by atomic mass is 16.1. The molecule has 1 aromatic carbocycles. The number of amides is 1. The molecular formula is C14H18N4O. The highest BCUT2D eigenvalue weighted by molar-refractivity contribution is 5.76. The summed E-state index contributed by atoms with van der Waals surface area (Å²) in [5.74, 6) is -0.00927. The summed E-state index contributed by atoms with van der Waals surface area (Å²) in [7, 11) is 0. The van der Waals surface area contributed by atoms with Gasteiger partial charge in [0.25, 0.3) is 0 Å². The number of carbonyl (C=O) groups is 1. The van der Waals surface area contributed by atoms with Gasteiger partial charge in [0.1, 0.15) is 0 Å². The summed E-state index contributed by atoms with van der Waals surface area (Å²) in [6.07, 6.45) is 5.86. The fourth-order valence-corrected chi connectivity index (χ4v) is 1.77. The van der Waals surface area contributed by atoms with E-state index < -0.39 is 0 Å². The van der Waals surface area contributed by atoms with Gasteiger partial charge in [-0.2, -0.15) is 0 Å². The van der Waals surface area contributed by atoms with Crippen molar-refractivity contribution in [1.29, 1.82) is 0 Å². The lowest BCUT2D eigenvalue weighted by molar-refractivity contribution is -0.121. The van der Waals surface area contributed by atoms with E-state index in [1.807, 2.05) is 22.9 Å². The van der Waals surface area contributed by atoms with Gasteiger partial charge in [-0.3, -0.25) is 4.79 Å². The predicted molar refractivity (Wildman–Crippen MR) is 73.3 cm³/mol. The molecule has 1 heterocycles. The Morgan fingerprint density at radius 3 is 2.63 bits per heavy atom. The molecule has 0 unspecified atom stereocenters. The maximum absolute atomic E-state index is 11.3. The monoisotopic (exact) mass is 258 g/mol. The Kier molecular flexibility index (Phi) is 4.69. The third-order valence-electron chi connectivity index (χ3n) is 2.81. The van der Waals surface area contributed by atoms with Gasteiger partial charge in [0.05, 0.1) is 6.33 Å². The average molecular weight is 258 g/mol. The second-order valence-electron chi connectivity index (χ2n) is 4.37. The zero-order valence-corrected chi connectivity index (χ0v) is 10.7. The molecule has 2 aromatic rings. The molecule has 100 valence electrons. The van der Waals surface area contributed by atoms with Gasteiger partial charge in [0, 0.05) is 38.4 Å². The number of benzene rings is 1. The Hall–Kier alpha value is -2.14. The highest BCUT2D eigenvalue weighted by Crippen LogP contribution is 2.06. The van der Waals surface area contributed by atoms with Crippen molar-refractivity contribution in [3.63, 3.8) is 0 Å². The second kappa shape index (κ2) is 6.70. The number of aromatic nitrogens is 2. The van der Waals surface area contributed by atoms with E-state index in [2.05, 4.69) is 22.4 Å². The van der Waals surface area contributed by atoms with Crippen LogP contribution in [-0.2, 0) is 17.9 Å². The van der Waals surface area contributed by atoms with Crippen LogP contribution in [0.2, 0.25) is 0 Å². The summed E-state index contributed by atoms with van der Waals surface area (Å²) < 4.78 is 2.01. The Labute approximate surface area is 112 Å². The molecule has 0 aliphatic heterocycles. The lowest BCUT2D eigenvalue weighted by Crippen LogP contribution is -2.24.